The third-order valence-electron chi connectivity index (χ3n) is 10.8. The Morgan fingerprint density at radius 3 is 1.54 bits per heavy atom. The van der Waals surface area contributed by atoms with Crippen molar-refractivity contribution in [2.24, 2.45) is 0 Å². The Bertz CT molecular complexity index is 2510. The SMILES string of the molecule is Cc1c(Cl)c(-c2ncco2)nn1CC(=O)N1CCC(C#N)(c2ccc(Cl)cc2)CC1.Cc1c(Cl)c(-c2ncco2)nn1CC(=O)O.N#CC1(c2ccc(Cl)cc2)CCNCC1. The third-order valence-corrected chi connectivity index (χ3v) is 12.2. The molecule has 6 heterocycles. The number of carboxylic acids is 1. The highest BCUT2D eigenvalue weighted by atomic mass is 35.5. The van der Waals surface area contributed by atoms with E-state index in [4.69, 9.17) is 60.3 Å². The molecule has 2 saturated heterocycles. The summed E-state index contributed by atoms with van der Waals surface area (Å²) in [5.74, 6) is -0.466. The summed E-state index contributed by atoms with van der Waals surface area (Å²) in [7, 11) is 0. The summed E-state index contributed by atoms with van der Waals surface area (Å²) >= 11 is 24.2. The van der Waals surface area contributed by atoms with Gasteiger partial charge in [-0.1, -0.05) is 70.7 Å². The number of nitrogens with one attached hydrogen (secondary N) is 1. The van der Waals surface area contributed by atoms with E-state index in [0.717, 1.165) is 42.1 Å². The van der Waals surface area contributed by atoms with Crippen molar-refractivity contribution in [2.75, 3.05) is 26.2 Å². The zero-order valence-corrected chi connectivity index (χ0v) is 36.1. The van der Waals surface area contributed by atoms with Gasteiger partial charge in [0.25, 0.3) is 0 Å². The van der Waals surface area contributed by atoms with Gasteiger partial charge in [-0.15, -0.1) is 0 Å². The van der Waals surface area contributed by atoms with E-state index in [1.54, 1.807) is 35.6 Å². The number of hydrogen-bond acceptors (Lipinski definition) is 11. The number of nitrogens with zero attached hydrogens (tertiary/aromatic N) is 9. The molecular formula is C42H40Cl4N10O5. The minimum atomic E-state index is -0.985. The molecule has 316 valence electrons. The fourth-order valence-corrected chi connectivity index (χ4v) is 7.81. The van der Waals surface area contributed by atoms with Gasteiger partial charge in [0.15, 0.2) is 11.4 Å². The number of rotatable bonds is 8. The second kappa shape index (κ2) is 19.8. The number of likely N-dealkylation sites (tertiary alicyclic amines) is 1. The highest BCUT2D eigenvalue weighted by Gasteiger charge is 2.38. The Morgan fingerprint density at radius 2 is 1.15 bits per heavy atom. The van der Waals surface area contributed by atoms with Crippen LogP contribution in [0, 0.1) is 36.5 Å². The molecule has 0 aliphatic carbocycles. The molecule has 4 aromatic heterocycles. The lowest BCUT2D eigenvalue weighted by molar-refractivity contribution is -0.138. The average molecular weight is 907 g/mol. The summed E-state index contributed by atoms with van der Waals surface area (Å²) in [6.45, 7) is 6.12. The average Bonchev–Trinajstić information content (AvgIpc) is 4.10. The largest absolute Gasteiger partial charge is 0.480 e. The fraction of sp³-hybridized carbons (Fsp3) is 0.333. The van der Waals surface area contributed by atoms with E-state index in [1.165, 1.54) is 29.6 Å². The van der Waals surface area contributed by atoms with Crippen LogP contribution < -0.4 is 5.32 Å². The smallest absolute Gasteiger partial charge is 0.325 e. The number of carbonyl (C=O) groups excluding carboxylic acids is 1. The summed E-state index contributed by atoms with van der Waals surface area (Å²) in [5, 5.41) is 41.7. The molecule has 0 atom stereocenters. The highest BCUT2D eigenvalue weighted by Crippen LogP contribution is 2.37. The summed E-state index contributed by atoms with van der Waals surface area (Å²) in [4.78, 5) is 33.2. The lowest BCUT2D eigenvalue weighted by atomic mass is 9.74. The van der Waals surface area contributed by atoms with Gasteiger partial charge in [-0.05, 0) is 88.0 Å². The normalized spacial score (nSPS) is 15.3. The zero-order chi connectivity index (χ0) is 43.7. The molecule has 2 aliphatic heterocycles. The van der Waals surface area contributed by atoms with Gasteiger partial charge in [0.2, 0.25) is 17.7 Å². The van der Waals surface area contributed by atoms with E-state index in [9.17, 15) is 20.1 Å². The van der Waals surface area contributed by atoms with Crippen LogP contribution >= 0.6 is 46.4 Å². The quantitative estimate of drug-likeness (QED) is 0.148. The van der Waals surface area contributed by atoms with Crippen LogP contribution in [0.4, 0.5) is 0 Å². The molecule has 0 unspecified atom stereocenters. The van der Waals surface area contributed by atoms with E-state index in [0.29, 0.717) is 69.7 Å². The van der Waals surface area contributed by atoms with Gasteiger partial charge in [-0.25, -0.2) is 9.97 Å². The van der Waals surface area contributed by atoms with Crippen molar-refractivity contribution in [3.8, 4) is 35.3 Å². The molecule has 0 spiro atoms. The van der Waals surface area contributed by atoms with Crippen molar-refractivity contribution in [3.63, 3.8) is 0 Å². The lowest BCUT2D eigenvalue weighted by Gasteiger charge is -2.37. The van der Waals surface area contributed by atoms with E-state index >= 15 is 0 Å². The van der Waals surface area contributed by atoms with Crippen LogP contribution in [0.25, 0.3) is 23.2 Å². The Kier molecular flexibility index (Phi) is 14.6. The van der Waals surface area contributed by atoms with Crippen molar-refractivity contribution in [1.29, 1.82) is 10.5 Å². The van der Waals surface area contributed by atoms with Crippen LogP contribution in [-0.4, -0.2) is 77.6 Å². The van der Waals surface area contributed by atoms with Crippen molar-refractivity contribution in [3.05, 3.63) is 116 Å². The van der Waals surface area contributed by atoms with Gasteiger partial charge in [0.05, 0.1) is 56.8 Å². The molecule has 6 aromatic rings. The Morgan fingerprint density at radius 1 is 0.721 bits per heavy atom. The molecular weight excluding hydrogens is 866 g/mol. The first-order chi connectivity index (χ1) is 29.3. The number of aliphatic carboxylic acids is 1. The highest BCUT2D eigenvalue weighted by molar-refractivity contribution is 6.34. The van der Waals surface area contributed by atoms with Gasteiger partial charge >= 0.3 is 5.97 Å². The number of carboxylic acid groups (broad SMARTS) is 1. The molecule has 0 saturated carbocycles. The Hall–Kier alpha value is -5.68. The first-order valence-electron chi connectivity index (χ1n) is 19.1. The van der Waals surface area contributed by atoms with Crippen molar-refractivity contribution in [1.82, 2.24) is 39.7 Å². The molecule has 2 aromatic carbocycles. The van der Waals surface area contributed by atoms with E-state index < -0.39 is 11.4 Å². The van der Waals surface area contributed by atoms with E-state index in [-0.39, 0.29) is 30.3 Å². The lowest BCUT2D eigenvalue weighted by Crippen LogP contribution is -2.45. The Balaban J connectivity index is 0.000000169. The fourth-order valence-electron chi connectivity index (χ4n) is 7.13. The van der Waals surface area contributed by atoms with Crippen LogP contribution in [-0.2, 0) is 33.5 Å². The monoisotopic (exact) mass is 904 g/mol. The van der Waals surface area contributed by atoms with Gasteiger partial charge in [-0.3, -0.25) is 19.0 Å². The summed E-state index contributed by atoms with van der Waals surface area (Å²) in [6, 6.07) is 20.0. The first kappa shape index (κ1) is 44.9. The summed E-state index contributed by atoms with van der Waals surface area (Å²) in [6.07, 6.45) is 8.72. The van der Waals surface area contributed by atoms with E-state index in [1.807, 2.05) is 36.4 Å². The predicted octanol–water partition coefficient (Wildman–Crippen LogP) is 8.31. The van der Waals surface area contributed by atoms with Crippen molar-refractivity contribution in [2.45, 2.75) is 63.5 Å². The minimum Gasteiger partial charge on any atom is -0.480 e. The van der Waals surface area contributed by atoms with E-state index in [2.05, 4.69) is 37.6 Å². The second-order valence-electron chi connectivity index (χ2n) is 14.4. The van der Waals surface area contributed by atoms with Gasteiger partial charge in [0.1, 0.15) is 25.6 Å². The zero-order valence-electron chi connectivity index (χ0n) is 33.1. The Labute approximate surface area is 371 Å². The number of halogens is 4. The van der Waals surface area contributed by atoms with Crippen molar-refractivity contribution < 1.29 is 23.5 Å². The van der Waals surface area contributed by atoms with Gasteiger partial charge in [-0.2, -0.15) is 20.7 Å². The van der Waals surface area contributed by atoms with Crippen LogP contribution in [0.5, 0.6) is 0 Å². The standard InChI is InChI=1S/C21H19Cl2N5O2.C12H13ClN2.C9H8ClN3O3/c1-14-18(23)19(20-25-8-11-30-20)26-28(14)12-17(29)27-9-6-21(13-24,7-10-27)15-2-4-16(22)5-3-15;13-11-3-1-10(2-4-11)12(9-14)5-7-15-8-6-12;1-5-7(10)8(9-11-2-3-16-9)12-13(5)4-6(14)15/h2-5,8,11H,6-7,9-10,12H2,1H3;1-4,15H,5-8H2;2-3H,4H2,1H3,(H,14,15). The molecule has 15 nitrogen and oxygen atoms in total. The number of benzene rings is 2. The molecule has 0 bridgehead atoms. The number of hydrogen-bond donors (Lipinski definition) is 2. The predicted molar refractivity (Wildman–Crippen MR) is 228 cm³/mol. The molecule has 2 N–H and O–H groups in total. The maximum atomic E-state index is 12.9. The first-order valence-corrected chi connectivity index (χ1v) is 20.6. The van der Waals surface area contributed by atoms with Crippen LogP contribution in [0.2, 0.25) is 20.1 Å². The molecule has 0 radical (unpaired) electrons. The van der Waals surface area contributed by atoms with Crippen LogP contribution in [0.15, 0.2) is 82.3 Å². The maximum absolute atomic E-state index is 12.9. The maximum Gasteiger partial charge on any atom is 0.325 e. The minimum absolute atomic E-state index is 0.0623. The number of piperidine rings is 2. The third kappa shape index (κ3) is 10.3. The number of carbonyl (C=O) groups is 2. The molecule has 8 rings (SSSR count). The molecule has 19 heteroatoms. The topological polar surface area (TPSA) is 205 Å². The molecule has 2 fully saturated rings. The van der Waals surface area contributed by atoms with Gasteiger partial charge < -0.3 is 24.2 Å². The number of oxazole rings is 2. The number of aromatic nitrogens is 6. The van der Waals surface area contributed by atoms with Crippen LogP contribution in [0.1, 0.15) is 48.2 Å². The van der Waals surface area contributed by atoms with Crippen LogP contribution in [0.3, 0.4) is 0 Å². The molecule has 1 amide bonds. The number of amides is 1. The molecule has 61 heavy (non-hydrogen) atoms. The molecule has 2 aliphatic rings. The second-order valence-corrected chi connectivity index (χ2v) is 16.0. The number of nitriles is 2. The summed E-state index contributed by atoms with van der Waals surface area (Å²) in [5.41, 5.74) is 3.12. The summed E-state index contributed by atoms with van der Waals surface area (Å²) < 4.78 is 13.2. The van der Waals surface area contributed by atoms with Gasteiger partial charge in [0, 0.05) is 23.1 Å². The van der Waals surface area contributed by atoms with Crippen molar-refractivity contribution >= 4 is 58.3 Å².